The maximum atomic E-state index is 12.6. The molecule has 134 valence electrons. The van der Waals surface area contributed by atoms with E-state index in [9.17, 15) is 8.78 Å². The molecule has 6 nitrogen and oxygen atoms in total. The largest absolute Gasteiger partial charge is 0.490 e. The van der Waals surface area contributed by atoms with E-state index in [0.717, 1.165) is 11.4 Å². The summed E-state index contributed by atoms with van der Waals surface area (Å²) >= 11 is 0. The molecule has 0 saturated heterocycles. The summed E-state index contributed by atoms with van der Waals surface area (Å²) in [5.41, 5.74) is 1.30. The molecule has 1 aromatic heterocycles. The molecule has 26 heavy (non-hydrogen) atoms. The first kappa shape index (κ1) is 16.3. The van der Waals surface area contributed by atoms with Gasteiger partial charge in [0.2, 0.25) is 11.7 Å². The Labute approximate surface area is 148 Å². The highest BCUT2D eigenvalue weighted by Crippen LogP contribution is 2.33. The van der Waals surface area contributed by atoms with E-state index < -0.39 is 6.61 Å². The molecule has 2 heterocycles. The first-order chi connectivity index (χ1) is 12.7. The van der Waals surface area contributed by atoms with E-state index in [-0.39, 0.29) is 11.6 Å². The van der Waals surface area contributed by atoms with Gasteiger partial charge in [0.1, 0.15) is 18.1 Å². The van der Waals surface area contributed by atoms with Crippen molar-refractivity contribution in [2.75, 3.05) is 18.1 Å². The number of ether oxygens (including phenoxy) is 2. The van der Waals surface area contributed by atoms with E-state index in [1.165, 1.54) is 6.07 Å². The van der Waals surface area contributed by atoms with Crippen LogP contribution in [0.1, 0.15) is 5.89 Å². The number of hydrogen-bond donors (Lipinski definition) is 0. The summed E-state index contributed by atoms with van der Waals surface area (Å²) < 4.78 is 40.6. The van der Waals surface area contributed by atoms with Crippen LogP contribution in [0.3, 0.4) is 0 Å². The number of aromatic nitrogens is 2. The Bertz CT molecular complexity index is 901. The zero-order chi connectivity index (χ0) is 17.9. The number of hydrogen-bond acceptors (Lipinski definition) is 6. The van der Waals surface area contributed by atoms with E-state index in [1.807, 2.05) is 24.3 Å². The van der Waals surface area contributed by atoms with E-state index in [1.54, 1.807) is 18.2 Å². The fraction of sp³-hybridized carbons (Fsp3) is 0.222. The van der Waals surface area contributed by atoms with Crippen LogP contribution >= 0.6 is 0 Å². The maximum Gasteiger partial charge on any atom is 0.387 e. The summed E-state index contributed by atoms with van der Waals surface area (Å²) in [5, 5.41) is 3.91. The van der Waals surface area contributed by atoms with Crippen LogP contribution < -0.4 is 14.4 Å². The lowest BCUT2D eigenvalue weighted by molar-refractivity contribution is -0.0494. The van der Waals surface area contributed by atoms with Crippen LogP contribution in [-0.4, -0.2) is 29.9 Å². The van der Waals surface area contributed by atoms with Gasteiger partial charge in [-0.25, -0.2) is 0 Å². The van der Waals surface area contributed by atoms with E-state index in [4.69, 9.17) is 9.26 Å². The number of benzene rings is 2. The third-order valence-electron chi connectivity index (χ3n) is 3.96. The summed E-state index contributed by atoms with van der Waals surface area (Å²) in [5.74, 6) is 1.39. The Morgan fingerprint density at radius 1 is 1.12 bits per heavy atom. The van der Waals surface area contributed by atoms with Crippen molar-refractivity contribution >= 4 is 5.69 Å². The van der Waals surface area contributed by atoms with Crippen LogP contribution in [-0.2, 0) is 6.54 Å². The molecular weight excluding hydrogens is 344 g/mol. The zero-order valence-electron chi connectivity index (χ0n) is 13.6. The minimum absolute atomic E-state index is 0.00608. The van der Waals surface area contributed by atoms with Gasteiger partial charge in [-0.15, -0.1) is 0 Å². The molecule has 1 aliphatic rings. The van der Waals surface area contributed by atoms with E-state index in [0.29, 0.717) is 31.2 Å². The highest BCUT2D eigenvalue weighted by atomic mass is 19.3. The van der Waals surface area contributed by atoms with Gasteiger partial charge in [-0.1, -0.05) is 29.4 Å². The topological polar surface area (TPSA) is 60.6 Å². The van der Waals surface area contributed by atoms with Gasteiger partial charge in [0, 0.05) is 0 Å². The van der Waals surface area contributed by atoms with E-state index >= 15 is 0 Å². The predicted molar refractivity (Wildman–Crippen MR) is 89.4 cm³/mol. The number of rotatable bonds is 5. The number of halogens is 2. The summed E-state index contributed by atoms with van der Waals surface area (Å²) in [7, 11) is 0. The van der Waals surface area contributed by atoms with E-state index in [2.05, 4.69) is 19.8 Å². The molecule has 4 rings (SSSR count). The molecule has 8 heteroatoms. The van der Waals surface area contributed by atoms with Crippen molar-refractivity contribution in [3.05, 3.63) is 54.4 Å². The lowest BCUT2D eigenvalue weighted by atomic mass is 10.2. The van der Waals surface area contributed by atoms with Crippen molar-refractivity contribution in [1.29, 1.82) is 0 Å². The molecular formula is C18H15F2N3O3. The molecule has 0 unspecified atom stereocenters. The fourth-order valence-corrected chi connectivity index (χ4v) is 2.83. The van der Waals surface area contributed by atoms with Crippen LogP contribution in [0.15, 0.2) is 53.1 Å². The number of alkyl halides is 2. The van der Waals surface area contributed by atoms with Crippen molar-refractivity contribution in [2.24, 2.45) is 0 Å². The van der Waals surface area contributed by atoms with Crippen LogP contribution in [0.5, 0.6) is 11.5 Å². The second-order valence-corrected chi connectivity index (χ2v) is 5.62. The molecule has 1 aliphatic heterocycles. The first-order valence-electron chi connectivity index (χ1n) is 8.04. The van der Waals surface area contributed by atoms with Crippen molar-refractivity contribution in [1.82, 2.24) is 10.1 Å². The quantitative estimate of drug-likeness (QED) is 0.692. The van der Waals surface area contributed by atoms with Gasteiger partial charge in [-0.3, -0.25) is 0 Å². The van der Waals surface area contributed by atoms with Gasteiger partial charge in [0.25, 0.3) is 0 Å². The zero-order valence-corrected chi connectivity index (χ0v) is 13.6. The molecule has 0 radical (unpaired) electrons. The van der Waals surface area contributed by atoms with Crippen molar-refractivity contribution < 1.29 is 22.8 Å². The molecule has 3 aromatic rings. The van der Waals surface area contributed by atoms with Crippen molar-refractivity contribution in [3.8, 4) is 22.9 Å². The molecule has 0 saturated carbocycles. The second kappa shape index (κ2) is 6.99. The summed E-state index contributed by atoms with van der Waals surface area (Å²) in [4.78, 5) is 6.40. The van der Waals surface area contributed by atoms with Gasteiger partial charge in [-0.05, 0) is 24.3 Å². The third kappa shape index (κ3) is 3.30. The molecule has 0 fully saturated rings. The molecule has 0 N–H and O–H groups in total. The molecule has 0 aliphatic carbocycles. The molecule has 2 aromatic carbocycles. The lowest BCUT2D eigenvalue weighted by Crippen LogP contribution is -2.32. The number of anilines is 1. The van der Waals surface area contributed by atoms with Crippen LogP contribution in [0.25, 0.3) is 11.4 Å². The predicted octanol–water partition coefficient (Wildman–Crippen LogP) is 3.74. The number of nitrogens with zero attached hydrogens (tertiary/aromatic N) is 3. The lowest BCUT2D eigenvalue weighted by Gasteiger charge is -2.29. The molecule has 0 spiro atoms. The SMILES string of the molecule is FC(F)Oc1ccccc1-c1noc(CN2CCOc3ccccc32)n1. The Morgan fingerprint density at radius 2 is 1.92 bits per heavy atom. The van der Waals surface area contributed by atoms with Crippen molar-refractivity contribution in [3.63, 3.8) is 0 Å². The summed E-state index contributed by atoms with van der Waals surface area (Å²) in [6, 6.07) is 14.0. The summed E-state index contributed by atoms with van der Waals surface area (Å²) in [6.45, 7) is -1.29. The normalized spacial score (nSPS) is 13.4. The highest BCUT2D eigenvalue weighted by molar-refractivity contribution is 5.64. The van der Waals surface area contributed by atoms with Crippen molar-refractivity contribution in [2.45, 2.75) is 13.2 Å². The second-order valence-electron chi connectivity index (χ2n) is 5.62. The Hall–Kier alpha value is -3.16. The maximum absolute atomic E-state index is 12.6. The molecule has 0 bridgehead atoms. The smallest absolute Gasteiger partial charge is 0.387 e. The molecule has 0 atom stereocenters. The van der Waals surface area contributed by atoms with Gasteiger partial charge in [0.15, 0.2) is 0 Å². The number of para-hydroxylation sites is 3. The van der Waals surface area contributed by atoms with Gasteiger partial charge in [-0.2, -0.15) is 13.8 Å². The summed E-state index contributed by atoms with van der Waals surface area (Å²) in [6.07, 6.45) is 0. The Balaban J connectivity index is 1.57. The fourth-order valence-electron chi connectivity index (χ4n) is 2.83. The minimum Gasteiger partial charge on any atom is -0.490 e. The average molecular weight is 359 g/mol. The van der Waals surface area contributed by atoms with Crippen LogP contribution in [0.2, 0.25) is 0 Å². The number of fused-ring (bicyclic) bond motifs is 1. The highest BCUT2D eigenvalue weighted by Gasteiger charge is 2.21. The minimum atomic E-state index is -2.92. The monoisotopic (exact) mass is 359 g/mol. The first-order valence-corrected chi connectivity index (χ1v) is 8.04. The Kier molecular flexibility index (Phi) is 4.39. The molecule has 0 amide bonds. The van der Waals surface area contributed by atoms with Gasteiger partial charge < -0.3 is 18.9 Å². The third-order valence-corrected chi connectivity index (χ3v) is 3.96. The average Bonchev–Trinajstić information content (AvgIpc) is 3.10. The van der Waals surface area contributed by atoms with Gasteiger partial charge in [0.05, 0.1) is 24.3 Å². The van der Waals surface area contributed by atoms with Crippen LogP contribution in [0.4, 0.5) is 14.5 Å². The van der Waals surface area contributed by atoms with Crippen LogP contribution in [0, 0.1) is 0 Å². The Morgan fingerprint density at radius 3 is 2.81 bits per heavy atom. The standard InChI is InChI=1S/C18H15F2N3O3/c19-18(20)25-14-7-3-1-5-12(14)17-21-16(26-22-17)11-23-9-10-24-15-8-4-2-6-13(15)23/h1-8,18H,9-11H2. The van der Waals surface area contributed by atoms with Gasteiger partial charge >= 0.3 is 6.61 Å².